The number of benzene rings is 2. The number of carbonyl (C=O) groups excluding carboxylic acids is 1. The van der Waals surface area contributed by atoms with Crippen LogP contribution in [-0.4, -0.2) is 48.3 Å². The maximum Gasteiger partial charge on any atom is 0.241 e. The molecule has 148 valence electrons. The molecular formula is C21H23NO4S2. The number of thioether (sulfide) groups is 1. The van der Waals surface area contributed by atoms with E-state index in [4.69, 9.17) is 26.4 Å². The van der Waals surface area contributed by atoms with Crippen LogP contribution in [0.1, 0.15) is 11.1 Å². The zero-order chi connectivity index (χ0) is 20.1. The third-order valence-corrected chi connectivity index (χ3v) is 6.20. The van der Waals surface area contributed by atoms with Crippen LogP contribution in [0.3, 0.4) is 0 Å². The summed E-state index contributed by atoms with van der Waals surface area (Å²) in [6.07, 6.45) is 1.33. The molecule has 0 saturated carbocycles. The molecule has 1 amide bonds. The first kappa shape index (κ1) is 20.5. The van der Waals surface area contributed by atoms with E-state index in [1.54, 1.807) is 26.2 Å². The molecule has 1 aliphatic rings. The van der Waals surface area contributed by atoms with Gasteiger partial charge in [-0.2, -0.15) is 0 Å². The van der Waals surface area contributed by atoms with Gasteiger partial charge in [0.1, 0.15) is 4.32 Å². The number of rotatable bonds is 8. The van der Waals surface area contributed by atoms with E-state index in [-0.39, 0.29) is 11.2 Å². The fourth-order valence-corrected chi connectivity index (χ4v) is 4.77. The second-order valence-electron chi connectivity index (χ2n) is 6.34. The highest BCUT2D eigenvalue weighted by atomic mass is 32.2. The van der Waals surface area contributed by atoms with Crippen LogP contribution in [0.5, 0.6) is 17.2 Å². The quantitative estimate of drug-likeness (QED) is 0.610. The molecule has 0 spiro atoms. The Balaban J connectivity index is 1.71. The zero-order valence-electron chi connectivity index (χ0n) is 16.1. The van der Waals surface area contributed by atoms with Crippen LogP contribution in [0.4, 0.5) is 0 Å². The monoisotopic (exact) mass is 417 g/mol. The molecule has 1 saturated heterocycles. The topological polar surface area (TPSA) is 48.0 Å². The molecule has 1 heterocycles. The van der Waals surface area contributed by atoms with E-state index in [9.17, 15) is 4.79 Å². The summed E-state index contributed by atoms with van der Waals surface area (Å²) in [5.41, 5.74) is 2.13. The van der Waals surface area contributed by atoms with Gasteiger partial charge in [-0.3, -0.25) is 9.69 Å². The lowest BCUT2D eigenvalue weighted by molar-refractivity contribution is -0.126. The molecule has 0 radical (unpaired) electrons. The standard InChI is InChI=1S/C21H23NO4S2/c1-24-16-11-15(12-17(25-2)19(16)26-3)13-18-20(23)22(21(27)28-18)10-9-14-7-5-4-6-8-14/h4-8,11-12,18H,9-10,13H2,1-3H3/t18-/m1/s1. The Morgan fingerprint density at radius 2 is 1.64 bits per heavy atom. The van der Waals surface area contributed by atoms with Gasteiger partial charge in [0.25, 0.3) is 0 Å². The number of carbonyl (C=O) groups is 1. The summed E-state index contributed by atoms with van der Waals surface area (Å²) in [7, 11) is 4.73. The van der Waals surface area contributed by atoms with Crippen LogP contribution in [0.25, 0.3) is 0 Å². The van der Waals surface area contributed by atoms with E-state index in [1.807, 2.05) is 30.3 Å². The molecule has 0 aromatic heterocycles. The van der Waals surface area contributed by atoms with Crippen molar-refractivity contribution in [1.29, 1.82) is 0 Å². The summed E-state index contributed by atoms with van der Waals surface area (Å²) in [5.74, 6) is 1.76. The Bertz CT molecular complexity index is 832. The minimum Gasteiger partial charge on any atom is -0.493 e. The molecule has 28 heavy (non-hydrogen) atoms. The highest BCUT2D eigenvalue weighted by Crippen LogP contribution is 2.39. The number of hydrogen-bond acceptors (Lipinski definition) is 6. The molecule has 2 aromatic rings. The van der Waals surface area contributed by atoms with Crippen LogP contribution >= 0.6 is 24.0 Å². The first-order valence-corrected chi connectivity index (χ1v) is 10.2. The summed E-state index contributed by atoms with van der Waals surface area (Å²) in [6, 6.07) is 13.9. The van der Waals surface area contributed by atoms with Gasteiger partial charge in [0.05, 0.1) is 26.6 Å². The Labute approximate surface area is 175 Å². The summed E-state index contributed by atoms with van der Waals surface area (Å²) in [5, 5.41) is -0.244. The van der Waals surface area contributed by atoms with Crippen molar-refractivity contribution in [3.05, 3.63) is 53.6 Å². The van der Waals surface area contributed by atoms with Crippen LogP contribution < -0.4 is 14.2 Å². The minimum absolute atomic E-state index is 0.0553. The Hall–Kier alpha value is -2.25. The van der Waals surface area contributed by atoms with Crippen molar-refractivity contribution in [2.24, 2.45) is 0 Å². The molecule has 0 unspecified atom stereocenters. The third kappa shape index (κ3) is 4.42. The fraction of sp³-hybridized carbons (Fsp3) is 0.333. The normalized spacial score (nSPS) is 16.4. The predicted molar refractivity (Wildman–Crippen MR) is 116 cm³/mol. The van der Waals surface area contributed by atoms with Crippen molar-refractivity contribution in [3.8, 4) is 17.2 Å². The fourth-order valence-electron chi connectivity index (χ4n) is 3.18. The first-order chi connectivity index (χ1) is 13.6. The molecule has 1 fully saturated rings. The zero-order valence-corrected chi connectivity index (χ0v) is 17.8. The average molecular weight is 418 g/mol. The van der Waals surface area contributed by atoms with E-state index >= 15 is 0 Å². The van der Waals surface area contributed by atoms with Crippen molar-refractivity contribution in [3.63, 3.8) is 0 Å². The van der Waals surface area contributed by atoms with Gasteiger partial charge >= 0.3 is 0 Å². The number of thiocarbonyl (C=S) groups is 1. The summed E-state index contributed by atoms with van der Waals surface area (Å²) in [6.45, 7) is 0.598. The molecule has 0 aliphatic carbocycles. The van der Waals surface area contributed by atoms with Crippen molar-refractivity contribution >= 4 is 34.2 Å². The van der Waals surface area contributed by atoms with E-state index in [0.717, 1.165) is 12.0 Å². The minimum atomic E-state index is -0.244. The molecule has 1 aliphatic heterocycles. The Morgan fingerprint density at radius 3 is 2.21 bits per heavy atom. The number of ether oxygens (including phenoxy) is 3. The van der Waals surface area contributed by atoms with Crippen molar-refractivity contribution < 1.29 is 19.0 Å². The number of hydrogen-bond donors (Lipinski definition) is 0. The Morgan fingerprint density at radius 1 is 1.00 bits per heavy atom. The maximum atomic E-state index is 12.9. The van der Waals surface area contributed by atoms with Gasteiger partial charge < -0.3 is 14.2 Å². The number of methoxy groups -OCH3 is 3. The van der Waals surface area contributed by atoms with Crippen LogP contribution in [0, 0.1) is 0 Å². The molecular weight excluding hydrogens is 394 g/mol. The van der Waals surface area contributed by atoms with Gasteiger partial charge in [0.2, 0.25) is 11.7 Å². The molecule has 0 bridgehead atoms. The Kier molecular flexibility index (Phi) is 6.80. The highest BCUT2D eigenvalue weighted by Gasteiger charge is 2.36. The van der Waals surface area contributed by atoms with Crippen LogP contribution in [0.2, 0.25) is 0 Å². The smallest absolute Gasteiger partial charge is 0.241 e. The van der Waals surface area contributed by atoms with E-state index < -0.39 is 0 Å². The SMILES string of the molecule is COc1cc(C[C@H]2SC(=S)N(CCc3ccccc3)C2=O)cc(OC)c1OC. The van der Waals surface area contributed by atoms with Gasteiger partial charge in [0, 0.05) is 6.54 Å². The van der Waals surface area contributed by atoms with E-state index in [0.29, 0.717) is 34.5 Å². The second-order valence-corrected chi connectivity index (χ2v) is 8.17. The van der Waals surface area contributed by atoms with Gasteiger partial charge in [-0.05, 0) is 36.1 Å². The van der Waals surface area contributed by atoms with Gasteiger partial charge in [-0.1, -0.05) is 54.3 Å². The molecule has 5 nitrogen and oxygen atoms in total. The van der Waals surface area contributed by atoms with Crippen molar-refractivity contribution in [2.75, 3.05) is 27.9 Å². The van der Waals surface area contributed by atoms with Crippen LogP contribution in [-0.2, 0) is 17.6 Å². The largest absolute Gasteiger partial charge is 0.493 e. The molecule has 2 aromatic carbocycles. The van der Waals surface area contributed by atoms with E-state index in [2.05, 4.69) is 12.1 Å². The van der Waals surface area contributed by atoms with Gasteiger partial charge in [-0.25, -0.2) is 0 Å². The lowest BCUT2D eigenvalue weighted by Gasteiger charge is -2.16. The summed E-state index contributed by atoms with van der Waals surface area (Å²) >= 11 is 6.91. The van der Waals surface area contributed by atoms with E-state index in [1.165, 1.54) is 17.3 Å². The lowest BCUT2D eigenvalue weighted by atomic mass is 10.1. The molecule has 1 atom stereocenters. The first-order valence-electron chi connectivity index (χ1n) is 8.92. The number of nitrogens with zero attached hydrogens (tertiary/aromatic N) is 1. The number of amides is 1. The second kappa shape index (κ2) is 9.30. The highest BCUT2D eigenvalue weighted by molar-refractivity contribution is 8.24. The maximum absolute atomic E-state index is 12.9. The predicted octanol–water partition coefficient (Wildman–Crippen LogP) is 3.73. The molecule has 0 N–H and O–H groups in total. The van der Waals surface area contributed by atoms with Gasteiger partial charge in [-0.15, -0.1) is 0 Å². The van der Waals surface area contributed by atoms with Crippen molar-refractivity contribution in [1.82, 2.24) is 4.90 Å². The summed E-state index contributed by atoms with van der Waals surface area (Å²) in [4.78, 5) is 14.6. The van der Waals surface area contributed by atoms with Crippen LogP contribution in [0.15, 0.2) is 42.5 Å². The summed E-state index contributed by atoms with van der Waals surface area (Å²) < 4.78 is 16.8. The average Bonchev–Trinajstić information content (AvgIpc) is 2.98. The van der Waals surface area contributed by atoms with Crippen molar-refractivity contribution in [2.45, 2.75) is 18.1 Å². The third-order valence-electron chi connectivity index (χ3n) is 4.62. The van der Waals surface area contributed by atoms with Gasteiger partial charge in [0.15, 0.2) is 11.5 Å². The molecule has 7 heteroatoms. The lowest BCUT2D eigenvalue weighted by Crippen LogP contribution is -2.33. The molecule has 3 rings (SSSR count).